The molecule has 0 saturated carbocycles. The summed E-state index contributed by atoms with van der Waals surface area (Å²) in [5.74, 6) is -0.420. The molecule has 3 aromatic rings. The quantitative estimate of drug-likeness (QED) is 0.609. The Morgan fingerprint density at radius 1 is 0.806 bits per heavy atom. The van der Waals surface area contributed by atoms with Gasteiger partial charge in [-0.25, -0.2) is 8.42 Å². The lowest BCUT2D eigenvalue weighted by Gasteiger charge is -2.34. The number of piperazine rings is 1. The minimum Gasteiger partial charge on any atom is -0.336 e. The summed E-state index contributed by atoms with van der Waals surface area (Å²) in [6.07, 6.45) is -4.47. The molecule has 0 spiro atoms. The molecule has 0 bridgehead atoms. The van der Waals surface area contributed by atoms with Gasteiger partial charge in [-0.15, -0.1) is 0 Å². The van der Waals surface area contributed by atoms with Crippen molar-refractivity contribution in [2.75, 3.05) is 26.2 Å². The van der Waals surface area contributed by atoms with Crippen LogP contribution in [0.3, 0.4) is 0 Å². The van der Waals surface area contributed by atoms with E-state index >= 15 is 0 Å². The predicted octanol–water partition coefficient (Wildman–Crippen LogP) is 4.01. The van der Waals surface area contributed by atoms with Crippen LogP contribution in [0.5, 0.6) is 0 Å². The average molecular weight is 448 g/mol. The Labute approximate surface area is 177 Å². The predicted molar refractivity (Wildman–Crippen MR) is 110 cm³/mol. The Hall–Kier alpha value is -2.91. The molecule has 1 aliphatic heterocycles. The fourth-order valence-electron chi connectivity index (χ4n) is 3.59. The first-order valence-electron chi connectivity index (χ1n) is 9.62. The molecule has 0 unspecified atom stereocenters. The third-order valence-electron chi connectivity index (χ3n) is 5.34. The molecule has 1 fully saturated rings. The van der Waals surface area contributed by atoms with Crippen LogP contribution >= 0.6 is 0 Å². The molecule has 0 aliphatic carbocycles. The van der Waals surface area contributed by atoms with Crippen LogP contribution in [0.25, 0.3) is 10.8 Å². The summed E-state index contributed by atoms with van der Waals surface area (Å²) in [4.78, 5) is 14.3. The van der Waals surface area contributed by atoms with Gasteiger partial charge in [0.15, 0.2) is 0 Å². The minimum absolute atomic E-state index is 0.113. The van der Waals surface area contributed by atoms with Crippen molar-refractivity contribution >= 4 is 26.7 Å². The topological polar surface area (TPSA) is 57.7 Å². The van der Waals surface area contributed by atoms with Crippen molar-refractivity contribution in [3.05, 3.63) is 77.9 Å². The number of rotatable bonds is 3. The molecule has 9 heteroatoms. The number of halogens is 3. The number of nitrogens with zero attached hydrogens (tertiary/aromatic N) is 2. The molecule has 31 heavy (non-hydrogen) atoms. The van der Waals surface area contributed by atoms with Gasteiger partial charge in [0.05, 0.1) is 10.5 Å². The molecule has 5 nitrogen and oxygen atoms in total. The van der Waals surface area contributed by atoms with Gasteiger partial charge in [0.2, 0.25) is 10.0 Å². The highest BCUT2D eigenvalue weighted by Crippen LogP contribution is 2.29. The summed E-state index contributed by atoms with van der Waals surface area (Å²) in [5.41, 5.74) is -0.686. The van der Waals surface area contributed by atoms with Crippen molar-refractivity contribution in [3.8, 4) is 0 Å². The van der Waals surface area contributed by atoms with Crippen LogP contribution in [-0.2, 0) is 16.2 Å². The van der Waals surface area contributed by atoms with E-state index in [0.29, 0.717) is 0 Å². The normalized spacial score (nSPS) is 15.9. The number of amides is 1. The van der Waals surface area contributed by atoms with E-state index in [1.165, 1.54) is 9.21 Å². The zero-order chi connectivity index (χ0) is 22.2. The molecule has 0 radical (unpaired) electrons. The van der Waals surface area contributed by atoms with Crippen molar-refractivity contribution in [1.82, 2.24) is 9.21 Å². The summed E-state index contributed by atoms with van der Waals surface area (Å²) in [6.45, 7) is 0.544. The van der Waals surface area contributed by atoms with Crippen molar-refractivity contribution in [2.24, 2.45) is 0 Å². The van der Waals surface area contributed by atoms with Crippen LogP contribution in [0.15, 0.2) is 71.6 Å². The van der Waals surface area contributed by atoms with E-state index in [9.17, 15) is 26.4 Å². The van der Waals surface area contributed by atoms with E-state index < -0.39 is 27.7 Å². The zero-order valence-electron chi connectivity index (χ0n) is 16.3. The van der Waals surface area contributed by atoms with Crippen LogP contribution in [0.1, 0.15) is 15.9 Å². The lowest BCUT2D eigenvalue weighted by molar-refractivity contribution is -0.137. The Kier molecular flexibility index (Phi) is 5.49. The molecule has 0 N–H and O–H groups in total. The molecular formula is C22H19F3N2O3S. The first-order valence-corrected chi connectivity index (χ1v) is 11.1. The maximum Gasteiger partial charge on any atom is 0.416 e. The van der Waals surface area contributed by atoms with Gasteiger partial charge in [-0.2, -0.15) is 17.5 Å². The summed E-state index contributed by atoms with van der Waals surface area (Å²) < 4.78 is 65.5. The number of hydrogen-bond acceptors (Lipinski definition) is 3. The first-order chi connectivity index (χ1) is 14.7. The Bertz CT molecular complexity index is 1220. The highest BCUT2D eigenvalue weighted by atomic mass is 32.2. The fourth-order valence-corrected chi connectivity index (χ4v) is 5.05. The number of carbonyl (C=O) groups is 1. The molecule has 3 aromatic carbocycles. The van der Waals surface area contributed by atoms with Crippen LogP contribution in [0, 0.1) is 0 Å². The zero-order valence-corrected chi connectivity index (χ0v) is 17.2. The number of carbonyl (C=O) groups excluding carboxylic acids is 1. The SMILES string of the molecule is O=C(c1ccc(C(F)(F)F)cc1)N1CCN(S(=O)(=O)c2ccc3ccccc3c2)CC1. The van der Waals surface area contributed by atoms with E-state index in [1.54, 1.807) is 18.2 Å². The molecule has 1 saturated heterocycles. The smallest absolute Gasteiger partial charge is 0.336 e. The average Bonchev–Trinajstić information content (AvgIpc) is 2.78. The molecule has 0 aromatic heterocycles. The van der Waals surface area contributed by atoms with Crippen LogP contribution in [0.2, 0.25) is 0 Å². The van der Waals surface area contributed by atoms with Gasteiger partial charge in [-0.3, -0.25) is 4.79 Å². The van der Waals surface area contributed by atoms with Crippen molar-refractivity contribution in [3.63, 3.8) is 0 Å². The number of sulfonamides is 1. The third kappa shape index (κ3) is 4.28. The number of hydrogen-bond donors (Lipinski definition) is 0. The second-order valence-electron chi connectivity index (χ2n) is 7.28. The lowest BCUT2D eigenvalue weighted by Crippen LogP contribution is -2.50. The summed E-state index contributed by atoms with van der Waals surface area (Å²) in [5, 5.41) is 1.76. The second kappa shape index (κ2) is 7.97. The van der Waals surface area contributed by atoms with Crippen LogP contribution < -0.4 is 0 Å². The van der Waals surface area contributed by atoms with Crippen molar-refractivity contribution < 1.29 is 26.4 Å². The van der Waals surface area contributed by atoms with Gasteiger partial charge in [-0.1, -0.05) is 30.3 Å². The number of fused-ring (bicyclic) bond motifs is 1. The van der Waals surface area contributed by atoms with E-state index in [2.05, 4.69) is 0 Å². The Morgan fingerprint density at radius 2 is 1.42 bits per heavy atom. The van der Waals surface area contributed by atoms with Crippen molar-refractivity contribution in [2.45, 2.75) is 11.1 Å². The minimum atomic E-state index is -4.47. The summed E-state index contributed by atoms with van der Waals surface area (Å²) in [7, 11) is -3.72. The highest BCUT2D eigenvalue weighted by molar-refractivity contribution is 7.89. The van der Waals surface area contributed by atoms with E-state index in [4.69, 9.17) is 0 Å². The number of benzene rings is 3. The third-order valence-corrected chi connectivity index (χ3v) is 7.24. The standard InChI is InChI=1S/C22H19F3N2O3S/c23-22(24,25)19-8-5-17(6-9-19)21(28)26-11-13-27(14-12-26)31(29,30)20-10-7-16-3-1-2-4-18(16)15-20/h1-10,15H,11-14H2. The number of alkyl halides is 3. The van der Waals surface area contributed by atoms with Gasteiger partial charge in [-0.05, 0) is 47.2 Å². The van der Waals surface area contributed by atoms with Crippen LogP contribution in [-0.4, -0.2) is 49.7 Å². The largest absolute Gasteiger partial charge is 0.416 e. The maximum absolute atomic E-state index is 13.0. The van der Waals surface area contributed by atoms with E-state index in [-0.39, 0.29) is 36.6 Å². The Balaban J connectivity index is 1.45. The summed E-state index contributed by atoms with van der Waals surface area (Å²) in [6, 6.07) is 16.4. The second-order valence-corrected chi connectivity index (χ2v) is 9.22. The van der Waals surface area contributed by atoms with Gasteiger partial charge in [0.25, 0.3) is 5.91 Å². The van der Waals surface area contributed by atoms with Crippen LogP contribution in [0.4, 0.5) is 13.2 Å². The molecule has 162 valence electrons. The van der Waals surface area contributed by atoms with E-state index in [1.807, 2.05) is 24.3 Å². The van der Waals surface area contributed by atoms with Gasteiger partial charge < -0.3 is 4.90 Å². The first kappa shape index (κ1) is 21.3. The van der Waals surface area contributed by atoms with E-state index in [0.717, 1.165) is 35.0 Å². The molecule has 0 atom stereocenters. The molecular weight excluding hydrogens is 429 g/mol. The van der Waals surface area contributed by atoms with Crippen molar-refractivity contribution in [1.29, 1.82) is 0 Å². The highest BCUT2D eigenvalue weighted by Gasteiger charge is 2.32. The van der Waals surface area contributed by atoms with Gasteiger partial charge in [0.1, 0.15) is 0 Å². The fraction of sp³-hybridized carbons (Fsp3) is 0.227. The summed E-state index contributed by atoms with van der Waals surface area (Å²) >= 11 is 0. The van der Waals surface area contributed by atoms with Gasteiger partial charge in [0, 0.05) is 31.7 Å². The molecule has 1 heterocycles. The molecule has 1 aliphatic rings. The molecule has 4 rings (SSSR count). The lowest BCUT2D eigenvalue weighted by atomic mass is 10.1. The Morgan fingerprint density at radius 3 is 2.03 bits per heavy atom. The molecule has 1 amide bonds. The van der Waals surface area contributed by atoms with Gasteiger partial charge >= 0.3 is 6.18 Å². The monoisotopic (exact) mass is 448 g/mol. The maximum atomic E-state index is 13.0.